The number of rotatable bonds is 7. The second kappa shape index (κ2) is 10.3. The third-order valence-electron chi connectivity index (χ3n) is 5.80. The summed E-state index contributed by atoms with van der Waals surface area (Å²) in [5.74, 6) is 0.844. The van der Waals surface area contributed by atoms with Crippen LogP contribution in [0.1, 0.15) is 22.3 Å². The normalized spacial score (nSPS) is 14.8. The molecule has 8 nitrogen and oxygen atoms in total. The second-order valence-electron chi connectivity index (χ2n) is 8.33. The lowest BCUT2D eigenvalue weighted by molar-refractivity contribution is -0.133. The quantitative estimate of drug-likeness (QED) is 0.616. The predicted octanol–water partition coefficient (Wildman–Crippen LogP) is 2.15. The Hall–Kier alpha value is -2.93. The van der Waals surface area contributed by atoms with E-state index in [0.29, 0.717) is 19.6 Å². The first-order valence-corrected chi connectivity index (χ1v) is 12.2. The van der Waals surface area contributed by atoms with Crippen LogP contribution >= 0.6 is 0 Å². The smallest absolute Gasteiger partial charge is 0.244 e. The molecular weight excluding hydrogens is 440 g/mol. The van der Waals surface area contributed by atoms with E-state index in [0.717, 1.165) is 22.4 Å². The van der Waals surface area contributed by atoms with Crippen molar-refractivity contribution in [2.45, 2.75) is 25.3 Å². The molecule has 0 N–H and O–H groups in total. The van der Waals surface area contributed by atoms with Crippen LogP contribution in [0.15, 0.2) is 41.3 Å². The average molecular weight is 471 g/mol. The summed E-state index contributed by atoms with van der Waals surface area (Å²) in [6.45, 7) is 5.92. The number of carbonyl (C=O) groups excluding carboxylic acids is 1. The number of carbonyl (C=O) groups is 1. The number of nitriles is 1. The summed E-state index contributed by atoms with van der Waals surface area (Å²) < 4.78 is 32.7. The number of nitrogens with zero attached hydrogens (tertiary/aromatic N) is 4. The van der Waals surface area contributed by atoms with E-state index < -0.39 is 10.0 Å². The molecule has 1 aliphatic rings. The van der Waals surface area contributed by atoms with Gasteiger partial charge in [-0.05, 0) is 49.7 Å². The molecule has 2 aromatic carbocycles. The largest absolute Gasteiger partial charge is 0.496 e. The van der Waals surface area contributed by atoms with Gasteiger partial charge in [0.2, 0.25) is 15.9 Å². The van der Waals surface area contributed by atoms with Gasteiger partial charge in [-0.2, -0.15) is 9.57 Å². The van der Waals surface area contributed by atoms with Gasteiger partial charge in [-0.1, -0.05) is 24.3 Å². The fourth-order valence-corrected chi connectivity index (χ4v) is 5.82. The molecule has 2 aromatic rings. The topological polar surface area (TPSA) is 93.9 Å². The molecule has 0 atom stereocenters. The molecule has 3 rings (SSSR count). The summed E-state index contributed by atoms with van der Waals surface area (Å²) in [6.07, 6.45) is 0. The molecule has 0 aromatic heterocycles. The van der Waals surface area contributed by atoms with E-state index >= 15 is 0 Å². The van der Waals surface area contributed by atoms with Crippen molar-refractivity contribution in [2.75, 3.05) is 46.9 Å². The first-order valence-electron chi connectivity index (χ1n) is 10.8. The summed E-state index contributed by atoms with van der Waals surface area (Å²) in [5.41, 5.74) is 3.35. The van der Waals surface area contributed by atoms with E-state index in [9.17, 15) is 18.5 Å². The van der Waals surface area contributed by atoms with Crippen LogP contribution in [0.4, 0.5) is 0 Å². The van der Waals surface area contributed by atoms with Crippen LogP contribution in [0, 0.1) is 25.2 Å². The lowest BCUT2D eigenvalue weighted by Crippen LogP contribution is -2.52. The first kappa shape index (κ1) is 24.7. The summed E-state index contributed by atoms with van der Waals surface area (Å²) in [6, 6.07) is 12.3. The summed E-state index contributed by atoms with van der Waals surface area (Å²) in [5, 5.41) is 9.24. The number of hydrogen-bond donors (Lipinski definition) is 0. The van der Waals surface area contributed by atoms with Gasteiger partial charge in [0.25, 0.3) is 0 Å². The maximum atomic E-state index is 13.0. The van der Waals surface area contributed by atoms with E-state index in [1.807, 2.05) is 31.9 Å². The zero-order valence-electron chi connectivity index (χ0n) is 19.5. The van der Waals surface area contributed by atoms with Crippen molar-refractivity contribution in [1.82, 2.24) is 14.1 Å². The van der Waals surface area contributed by atoms with Crippen molar-refractivity contribution in [3.05, 3.63) is 58.7 Å². The highest BCUT2D eigenvalue weighted by atomic mass is 32.2. The lowest BCUT2D eigenvalue weighted by Gasteiger charge is -2.35. The number of aryl methyl sites for hydroxylation is 2. The number of ether oxygens (including phenoxy) is 1. The molecule has 1 amide bonds. The highest BCUT2D eigenvalue weighted by Gasteiger charge is 2.31. The first-order chi connectivity index (χ1) is 15.7. The molecule has 0 saturated carbocycles. The molecule has 0 spiro atoms. The molecule has 1 saturated heterocycles. The molecule has 33 heavy (non-hydrogen) atoms. The van der Waals surface area contributed by atoms with Gasteiger partial charge < -0.3 is 9.64 Å². The average Bonchev–Trinajstić information content (AvgIpc) is 2.78. The Labute approximate surface area is 196 Å². The molecule has 1 fully saturated rings. The minimum Gasteiger partial charge on any atom is -0.496 e. The molecule has 0 aliphatic carbocycles. The highest BCUT2D eigenvalue weighted by Crippen LogP contribution is 2.25. The molecule has 0 bridgehead atoms. The summed E-state index contributed by atoms with van der Waals surface area (Å²) in [7, 11) is -0.224. The van der Waals surface area contributed by atoms with Gasteiger partial charge in [-0.15, -0.1) is 0 Å². The van der Waals surface area contributed by atoms with Gasteiger partial charge >= 0.3 is 0 Å². The van der Waals surface area contributed by atoms with Crippen LogP contribution < -0.4 is 4.74 Å². The summed E-state index contributed by atoms with van der Waals surface area (Å²) >= 11 is 0. The Balaban J connectivity index is 1.58. The SMILES string of the molecule is COc1c(C)cc(CN(C)CC(=O)N2CCN(S(=O)(=O)c3ccccc3C#N)CC2)cc1C. The maximum Gasteiger partial charge on any atom is 0.244 e. The number of amides is 1. The zero-order chi connectivity index (χ0) is 24.2. The van der Waals surface area contributed by atoms with Crippen molar-refractivity contribution >= 4 is 15.9 Å². The summed E-state index contributed by atoms with van der Waals surface area (Å²) in [4.78, 5) is 16.5. The van der Waals surface area contributed by atoms with Crippen LogP contribution in [0.2, 0.25) is 0 Å². The Morgan fingerprint density at radius 2 is 1.73 bits per heavy atom. The lowest BCUT2D eigenvalue weighted by atomic mass is 10.1. The molecule has 0 radical (unpaired) electrons. The third kappa shape index (κ3) is 5.53. The highest BCUT2D eigenvalue weighted by molar-refractivity contribution is 7.89. The molecule has 0 unspecified atom stereocenters. The standard InChI is InChI=1S/C24H30N4O4S/c1-18-13-20(14-19(2)24(18)32-4)16-26(3)17-23(29)27-9-11-28(12-10-27)33(30,31)22-8-6-5-7-21(22)15-25/h5-8,13-14H,9-12,16-17H2,1-4H3. The maximum absolute atomic E-state index is 13.0. The Morgan fingerprint density at radius 1 is 1.12 bits per heavy atom. The molecule has 176 valence electrons. The van der Waals surface area contributed by atoms with Crippen molar-refractivity contribution in [1.29, 1.82) is 5.26 Å². The fraction of sp³-hybridized carbons (Fsp3) is 0.417. The van der Waals surface area contributed by atoms with Crippen molar-refractivity contribution in [3.63, 3.8) is 0 Å². The molecule has 9 heteroatoms. The zero-order valence-corrected chi connectivity index (χ0v) is 20.4. The van der Waals surface area contributed by atoms with Crippen LogP contribution in [0.5, 0.6) is 5.75 Å². The Morgan fingerprint density at radius 3 is 2.30 bits per heavy atom. The molecular formula is C24H30N4O4S. The van der Waals surface area contributed by atoms with Crippen LogP contribution in [-0.2, 0) is 21.4 Å². The Bertz CT molecular complexity index is 1140. The monoisotopic (exact) mass is 470 g/mol. The van der Waals surface area contributed by atoms with Gasteiger partial charge in [0, 0.05) is 32.7 Å². The van der Waals surface area contributed by atoms with Crippen molar-refractivity contribution in [3.8, 4) is 11.8 Å². The van der Waals surface area contributed by atoms with Gasteiger partial charge in [0.05, 0.1) is 24.1 Å². The van der Waals surface area contributed by atoms with E-state index in [1.165, 1.54) is 16.4 Å². The number of methoxy groups -OCH3 is 1. The molecule has 1 aliphatic heterocycles. The van der Waals surface area contributed by atoms with Gasteiger partial charge in [0.15, 0.2) is 0 Å². The number of likely N-dealkylation sites (N-methyl/N-ethyl adjacent to an activating group) is 1. The van der Waals surface area contributed by atoms with Crippen LogP contribution in [-0.4, -0.2) is 75.3 Å². The third-order valence-corrected chi connectivity index (χ3v) is 7.76. The predicted molar refractivity (Wildman–Crippen MR) is 125 cm³/mol. The van der Waals surface area contributed by atoms with E-state index in [1.54, 1.807) is 24.1 Å². The number of piperazine rings is 1. The van der Waals surface area contributed by atoms with Gasteiger partial charge in [0.1, 0.15) is 11.8 Å². The van der Waals surface area contributed by atoms with Crippen molar-refractivity contribution < 1.29 is 17.9 Å². The number of sulfonamides is 1. The van der Waals surface area contributed by atoms with Crippen molar-refractivity contribution in [2.24, 2.45) is 0 Å². The number of hydrogen-bond acceptors (Lipinski definition) is 6. The second-order valence-corrected chi connectivity index (χ2v) is 10.2. The molecule has 1 heterocycles. The van der Waals surface area contributed by atoms with E-state index in [2.05, 4.69) is 12.1 Å². The van der Waals surface area contributed by atoms with Gasteiger partial charge in [-0.3, -0.25) is 9.69 Å². The van der Waals surface area contributed by atoms with Crippen LogP contribution in [0.3, 0.4) is 0 Å². The minimum atomic E-state index is -3.78. The minimum absolute atomic E-state index is 0.0112. The number of benzene rings is 2. The van der Waals surface area contributed by atoms with Gasteiger partial charge in [-0.25, -0.2) is 8.42 Å². The van der Waals surface area contributed by atoms with Crippen LogP contribution in [0.25, 0.3) is 0 Å². The van der Waals surface area contributed by atoms with E-state index in [4.69, 9.17) is 4.74 Å². The van der Waals surface area contributed by atoms with E-state index in [-0.39, 0.29) is 36.0 Å². The fourth-order valence-electron chi connectivity index (χ4n) is 4.25. The Kier molecular flexibility index (Phi) is 7.74.